The van der Waals surface area contributed by atoms with Gasteiger partial charge in [-0.25, -0.2) is 4.99 Å². The van der Waals surface area contributed by atoms with Crippen molar-refractivity contribution in [2.24, 2.45) is 4.99 Å². The Hall–Kier alpha value is -2.14. The lowest BCUT2D eigenvalue weighted by atomic mass is 9.93. The van der Waals surface area contributed by atoms with Crippen LogP contribution in [0.2, 0.25) is 0 Å². The largest absolute Gasteiger partial charge is 0.508 e. The standard InChI is InChI=1S/C22H26N2O2S/c25-17-12-10-15(11-13-17)14-23-22-20(18-8-4-5-9-19(18)27-22)21(26)24-16-6-2-1-3-7-16/h10-14,16,25H,1-9H2,(H,24,26)/b23-14-. The van der Waals surface area contributed by atoms with Crippen LogP contribution in [0.3, 0.4) is 0 Å². The Labute approximate surface area is 164 Å². The summed E-state index contributed by atoms with van der Waals surface area (Å²) < 4.78 is 0. The summed E-state index contributed by atoms with van der Waals surface area (Å²) in [4.78, 5) is 19.1. The van der Waals surface area contributed by atoms with Crippen LogP contribution in [0.15, 0.2) is 29.3 Å². The highest BCUT2D eigenvalue weighted by Crippen LogP contribution is 2.40. The molecule has 0 atom stereocenters. The van der Waals surface area contributed by atoms with Gasteiger partial charge in [0.1, 0.15) is 10.8 Å². The first-order valence-electron chi connectivity index (χ1n) is 9.99. The zero-order chi connectivity index (χ0) is 18.6. The number of hydrogen-bond acceptors (Lipinski definition) is 4. The topological polar surface area (TPSA) is 61.7 Å². The maximum absolute atomic E-state index is 13.1. The lowest BCUT2D eigenvalue weighted by molar-refractivity contribution is 0.0927. The summed E-state index contributed by atoms with van der Waals surface area (Å²) in [5.74, 6) is 0.297. The Balaban J connectivity index is 1.61. The van der Waals surface area contributed by atoms with Crippen molar-refractivity contribution in [2.45, 2.75) is 63.8 Å². The molecule has 1 amide bonds. The van der Waals surface area contributed by atoms with E-state index in [9.17, 15) is 9.90 Å². The van der Waals surface area contributed by atoms with Crippen molar-refractivity contribution in [1.29, 1.82) is 0 Å². The van der Waals surface area contributed by atoms with Crippen molar-refractivity contribution in [1.82, 2.24) is 5.32 Å². The van der Waals surface area contributed by atoms with Crippen LogP contribution in [0.1, 0.15) is 71.3 Å². The van der Waals surface area contributed by atoms with Crippen molar-refractivity contribution in [3.63, 3.8) is 0 Å². The van der Waals surface area contributed by atoms with Crippen LogP contribution < -0.4 is 5.32 Å². The minimum Gasteiger partial charge on any atom is -0.508 e. The third kappa shape index (κ3) is 4.24. The second kappa shape index (κ2) is 8.26. The van der Waals surface area contributed by atoms with Gasteiger partial charge in [0.15, 0.2) is 0 Å². The molecular formula is C22H26N2O2S. The van der Waals surface area contributed by atoms with Crippen molar-refractivity contribution in [3.8, 4) is 5.75 Å². The molecular weight excluding hydrogens is 356 g/mol. The van der Waals surface area contributed by atoms with Crippen molar-refractivity contribution < 1.29 is 9.90 Å². The highest BCUT2D eigenvalue weighted by molar-refractivity contribution is 7.16. The predicted octanol–water partition coefficient (Wildman–Crippen LogP) is 5.15. The number of fused-ring (bicyclic) bond motifs is 1. The molecule has 27 heavy (non-hydrogen) atoms. The predicted molar refractivity (Wildman–Crippen MR) is 111 cm³/mol. The molecule has 2 aromatic rings. The van der Waals surface area contributed by atoms with Crippen LogP contribution in [0, 0.1) is 0 Å². The summed E-state index contributed by atoms with van der Waals surface area (Å²) in [6, 6.07) is 7.26. The number of thiophene rings is 1. The van der Waals surface area contributed by atoms with E-state index in [4.69, 9.17) is 0 Å². The molecule has 2 aliphatic carbocycles. The summed E-state index contributed by atoms with van der Waals surface area (Å²) in [5, 5.41) is 13.5. The Kier molecular flexibility index (Phi) is 5.58. The zero-order valence-corrected chi connectivity index (χ0v) is 16.4. The molecule has 4 nitrogen and oxygen atoms in total. The highest BCUT2D eigenvalue weighted by Gasteiger charge is 2.27. The number of amides is 1. The van der Waals surface area contributed by atoms with Gasteiger partial charge in [-0.3, -0.25) is 4.79 Å². The lowest BCUT2D eigenvalue weighted by Crippen LogP contribution is -2.36. The molecule has 0 bridgehead atoms. The minimum atomic E-state index is 0.0548. The van der Waals surface area contributed by atoms with Crippen molar-refractivity contribution in [2.75, 3.05) is 0 Å². The second-order valence-corrected chi connectivity index (χ2v) is 8.63. The van der Waals surface area contributed by atoms with E-state index in [1.807, 2.05) is 12.1 Å². The van der Waals surface area contributed by atoms with Gasteiger partial charge in [-0.15, -0.1) is 11.3 Å². The number of carbonyl (C=O) groups is 1. The Morgan fingerprint density at radius 2 is 1.81 bits per heavy atom. The Morgan fingerprint density at radius 3 is 2.59 bits per heavy atom. The Bertz CT molecular complexity index is 833. The van der Waals surface area contributed by atoms with Gasteiger partial charge in [-0.05, 0) is 73.9 Å². The fourth-order valence-electron chi connectivity index (χ4n) is 4.07. The number of nitrogens with zero attached hydrogens (tertiary/aromatic N) is 1. The van der Waals surface area contributed by atoms with E-state index in [2.05, 4.69) is 10.3 Å². The van der Waals surface area contributed by atoms with E-state index < -0.39 is 0 Å². The van der Waals surface area contributed by atoms with Gasteiger partial charge >= 0.3 is 0 Å². The van der Waals surface area contributed by atoms with Crippen LogP contribution >= 0.6 is 11.3 Å². The number of phenols is 1. The summed E-state index contributed by atoms with van der Waals surface area (Å²) in [6.45, 7) is 0. The smallest absolute Gasteiger partial charge is 0.254 e. The molecule has 5 heteroatoms. The first kappa shape index (κ1) is 18.2. The maximum atomic E-state index is 13.1. The average molecular weight is 383 g/mol. The Morgan fingerprint density at radius 1 is 1.07 bits per heavy atom. The molecule has 1 fully saturated rings. The molecule has 0 spiro atoms. The van der Waals surface area contributed by atoms with Crippen LogP contribution in [0.4, 0.5) is 5.00 Å². The van der Waals surface area contributed by atoms with Gasteiger partial charge in [0, 0.05) is 17.1 Å². The van der Waals surface area contributed by atoms with E-state index in [1.54, 1.807) is 29.7 Å². The zero-order valence-electron chi connectivity index (χ0n) is 15.5. The molecule has 1 heterocycles. The van der Waals surface area contributed by atoms with Crippen molar-refractivity contribution >= 4 is 28.5 Å². The van der Waals surface area contributed by atoms with Crippen LogP contribution in [-0.2, 0) is 12.8 Å². The van der Waals surface area contributed by atoms with Gasteiger partial charge in [0.25, 0.3) is 5.91 Å². The second-order valence-electron chi connectivity index (χ2n) is 7.55. The van der Waals surface area contributed by atoms with Crippen LogP contribution in [0.25, 0.3) is 0 Å². The van der Waals surface area contributed by atoms with Gasteiger partial charge in [-0.2, -0.15) is 0 Å². The number of carbonyl (C=O) groups excluding carboxylic acids is 1. The first-order valence-corrected chi connectivity index (χ1v) is 10.8. The fourth-order valence-corrected chi connectivity index (χ4v) is 5.31. The summed E-state index contributed by atoms with van der Waals surface area (Å²) >= 11 is 1.67. The molecule has 0 aliphatic heterocycles. The normalized spacial score (nSPS) is 17.8. The van der Waals surface area contributed by atoms with Gasteiger partial charge < -0.3 is 10.4 Å². The monoisotopic (exact) mass is 382 g/mol. The quantitative estimate of drug-likeness (QED) is 0.719. The maximum Gasteiger partial charge on any atom is 0.254 e. The number of benzene rings is 1. The van der Waals surface area contributed by atoms with Crippen LogP contribution in [-0.4, -0.2) is 23.3 Å². The minimum absolute atomic E-state index is 0.0548. The van der Waals surface area contributed by atoms with Crippen molar-refractivity contribution in [3.05, 3.63) is 45.8 Å². The third-order valence-corrected chi connectivity index (χ3v) is 6.74. The molecule has 0 radical (unpaired) electrons. The molecule has 1 aromatic heterocycles. The summed E-state index contributed by atoms with van der Waals surface area (Å²) in [7, 11) is 0. The molecule has 1 saturated carbocycles. The molecule has 142 valence electrons. The molecule has 4 rings (SSSR count). The van der Waals surface area contributed by atoms with E-state index in [-0.39, 0.29) is 11.7 Å². The third-order valence-electron chi connectivity index (χ3n) is 5.54. The van der Waals surface area contributed by atoms with E-state index in [0.717, 1.165) is 48.2 Å². The SMILES string of the molecule is O=C(NC1CCCCC1)c1c(/N=C\c2ccc(O)cc2)sc2c1CCCC2. The molecule has 2 aliphatic rings. The number of hydrogen-bond donors (Lipinski definition) is 2. The van der Waals surface area contributed by atoms with Gasteiger partial charge in [0.2, 0.25) is 0 Å². The molecule has 0 unspecified atom stereocenters. The fraction of sp³-hybridized carbons (Fsp3) is 0.455. The van der Waals surface area contributed by atoms with E-state index in [1.165, 1.54) is 36.1 Å². The molecule has 2 N–H and O–H groups in total. The summed E-state index contributed by atoms with van der Waals surface area (Å²) in [6.07, 6.45) is 12.0. The van der Waals surface area contributed by atoms with E-state index in [0.29, 0.717) is 6.04 Å². The highest BCUT2D eigenvalue weighted by atomic mass is 32.1. The lowest BCUT2D eigenvalue weighted by Gasteiger charge is -2.23. The van der Waals surface area contributed by atoms with Gasteiger partial charge in [0.05, 0.1) is 5.56 Å². The first-order chi connectivity index (χ1) is 13.2. The molecule has 0 saturated heterocycles. The number of aliphatic imine (C=N–C) groups is 1. The molecule has 1 aromatic carbocycles. The number of aromatic hydroxyl groups is 1. The number of aryl methyl sites for hydroxylation is 1. The average Bonchev–Trinajstić information content (AvgIpc) is 3.07. The number of phenolic OH excluding ortho intramolecular Hbond substituents is 1. The number of nitrogens with one attached hydrogen (secondary N) is 1. The summed E-state index contributed by atoms with van der Waals surface area (Å²) in [5.41, 5.74) is 2.94. The van der Waals surface area contributed by atoms with Crippen LogP contribution in [0.5, 0.6) is 5.75 Å². The van der Waals surface area contributed by atoms with Gasteiger partial charge in [-0.1, -0.05) is 19.3 Å². The van der Waals surface area contributed by atoms with E-state index >= 15 is 0 Å². The number of rotatable bonds is 4.